The lowest BCUT2D eigenvalue weighted by Crippen LogP contribution is -2.23. The Bertz CT molecular complexity index is 490. The Labute approximate surface area is 115 Å². The van der Waals surface area contributed by atoms with Gasteiger partial charge in [0, 0.05) is 23.4 Å². The lowest BCUT2D eigenvalue weighted by molar-refractivity contribution is 0.243. The van der Waals surface area contributed by atoms with E-state index in [9.17, 15) is 5.11 Å². The average Bonchev–Trinajstić information content (AvgIpc) is 2.41. The molecule has 1 aromatic heterocycles. The van der Waals surface area contributed by atoms with Gasteiger partial charge in [-0.15, -0.1) is 0 Å². The molecular weight excluding hydrogens is 292 g/mol. The van der Waals surface area contributed by atoms with Crippen molar-refractivity contribution in [3.63, 3.8) is 0 Å². The van der Waals surface area contributed by atoms with Crippen molar-refractivity contribution in [2.24, 2.45) is 0 Å². The van der Waals surface area contributed by atoms with Crippen molar-refractivity contribution in [1.82, 2.24) is 10.3 Å². The molecule has 1 atom stereocenters. The summed E-state index contributed by atoms with van der Waals surface area (Å²) < 4.78 is 0.960. The van der Waals surface area contributed by atoms with E-state index in [0.717, 1.165) is 15.6 Å². The van der Waals surface area contributed by atoms with E-state index in [1.807, 2.05) is 42.6 Å². The third-order valence-corrected chi connectivity index (χ3v) is 3.13. The normalized spacial score (nSPS) is 12.3. The highest BCUT2D eigenvalue weighted by molar-refractivity contribution is 9.10. The van der Waals surface area contributed by atoms with E-state index in [1.54, 1.807) is 6.20 Å². The molecule has 0 aliphatic heterocycles. The fourth-order valence-electron chi connectivity index (χ4n) is 1.77. The van der Waals surface area contributed by atoms with Crippen molar-refractivity contribution < 1.29 is 5.11 Å². The number of rotatable bonds is 5. The summed E-state index contributed by atoms with van der Waals surface area (Å²) in [6.45, 7) is 0.748. The zero-order valence-corrected chi connectivity index (χ0v) is 11.5. The summed E-state index contributed by atoms with van der Waals surface area (Å²) in [7, 11) is 0. The molecule has 3 nitrogen and oxygen atoms in total. The molecule has 18 heavy (non-hydrogen) atoms. The Morgan fingerprint density at radius 1 is 1.22 bits per heavy atom. The number of nitrogens with zero attached hydrogens (tertiary/aromatic N) is 1. The summed E-state index contributed by atoms with van der Waals surface area (Å²) in [5.41, 5.74) is 2.17. The van der Waals surface area contributed by atoms with Crippen LogP contribution in [0.5, 0.6) is 0 Å². The third kappa shape index (κ3) is 3.63. The molecule has 0 fully saturated rings. The molecule has 0 unspecified atom stereocenters. The number of aromatic nitrogens is 1. The van der Waals surface area contributed by atoms with Crippen LogP contribution < -0.4 is 5.32 Å². The number of halogens is 1. The summed E-state index contributed by atoms with van der Waals surface area (Å²) >= 11 is 3.39. The molecular formula is C14H15BrN2O. The minimum Gasteiger partial charge on any atom is -0.394 e. The van der Waals surface area contributed by atoms with Gasteiger partial charge in [-0.05, 0) is 33.1 Å². The van der Waals surface area contributed by atoms with Crippen LogP contribution in [0.15, 0.2) is 53.3 Å². The predicted molar refractivity (Wildman–Crippen MR) is 75.0 cm³/mol. The van der Waals surface area contributed by atoms with Crippen molar-refractivity contribution in [2.75, 3.05) is 6.61 Å². The summed E-state index contributed by atoms with van der Waals surface area (Å²) in [5.74, 6) is 0. The Balaban J connectivity index is 2.00. The van der Waals surface area contributed by atoms with E-state index in [2.05, 4.69) is 26.2 Å². The van der Waals surface area contributed by atoms with E-state index >= 15 is 0 Å². The monoisotopic (exact) mass is 306 g/mol. The molecule has 4 heteroatoms. The van der Waals surface area contributed by atoms with Gasteiger partial charge >= 0.3 is 0 Å². The minimum atomic E-state index is -0.0508. The van der Waals surface area contributed by atoms with Gasteiger partial charge in [0.2, 0.25) is 0 Å². The number of aliphatic hydroxyl groups is 1. The lowest BCUT2D eigenvalue weighted by Gasteiger charge is -2.16. The van der Waals surface area contributed by atoms with Gasteiger partial charge in [0.05, 0.1) is 12.6 Å². The number of benzene rings is 1. The van der Waals surface area contributed by atoms with Crippen molar-refractivity contribution in [1.29, 1.82) is 0 Å². The van der Waals surface area contributed by atoms with Crippen LogP contribution in [0.1, 0.15) is 17.2 Å². The second-order valence-corrected chi connectivity index (χ2v) is 4.95. The van der Waals surface area contributed by atoms with Gasteiger partial charge in [0.1, 0.15) is 0 Å². The van der Waals surface area contributed by atoms with Gasteiger partial charge in [-0.1, -0.05) is 30.3 Å². The first-order chi connectivity index (χ1) is 8.79. The van der Waals surface area contributed by atoms with Crippen molar-refractivity contribution >= 4 is 15.9 Å². The smallest absolute Gasteiger partial charge is 0.0626 e. The van der Waals surface area contributed by atoms with Crippen LogP contribution in [0.3, 0.4) is 0 Å². The maximum absolute atomic E-state index is 9.42. The highest BCUT2D eigenvalue weighted by Crippen LogP contribution is 2.14. The number of hydrogen-bond acceptors (Lipinski definition) is 3. The highest BCUT2D eigenvalue weighted by atomic mass is 79.9. The summed E-state index contributed by atoms with van der Waals surface area (Å²) in [6, 6.07) is 11.9. The summed E-state index contributed by atoms with van der Waals surface area (Å²) in [6.07, 6.45) is 3.57. The van der Waals surface area contributed by atoms with E-state index in [1.165, 1.54) is 0 Å². The zero-order valence-electron chi connectivity index (χ0n) is 9.88. The topological polar surface area (TPSA) is 45.1 Å². The van der Waals surface area contributed by atoms with Gasteiger partial charge in [0.25, 0.3) is 0 Å². The van der Waals surface area contributed by atoms with Crippen LogP contribution in [0.4, 0.5) is 0 Å². The predicted octanol–water partition coefficient (Wildman–Crippen LogP) is 2.67. The Kier molecular flexibility index (Phi) is 4.87. The van der Waals surface area contributed by atoms with Gasteiger partial charge < -0.3 is 10.4 Å². The van der Waals surface area contributed by atoms with E-state index in [-0.39, 0.29) is 12.6 Å². The molecule has 0 saturated carbocycles. The second kappa shape index (κ2) is 6.64. The number of nitrogens with one attached hydrogen (secondary N) is 1. The van der Waals surface area contributed by atoms with Gasteiger partial charge in [-0.3, -0.25) is 4.98 Å². The standard InChI is InChI=1S/C14H15BrN2O/c15-13-6-11(7-16-9-13)8-17-14(10-18)12-4-2-1-3-5-12/h1-7,9,14,17-18H,8,10H2/t14-/m1/s1. The second-order valence-electron chi connectivity index (χ2n) is 4.04. The van der Waals surface area contributed by atoms with Crippen LogP contribution in [0.25, 0.3) is 0 Å². The number of aliphatic hydroxyl groups excluding tert-OH is 1. The fraction of sp³-hybridized carbons (Fsp3) is 0.214. The van der Waals surface area contributed by atoms with E-state index < -0.39 is 0 Å². The third-order valence-electron chi connectivity index (χ3n) is 2.70. The van der Waals surface area contributed by atoms with Crippen LogP contribution in [-0.4, -0.2) is 16.7 Å². The first-order valence-electron chi connectivity index (χ1n) is 5.78. The Hall–Kier alpha value is -1.23. The van der Waals surface area contributed by atoms with Gasteiger partial charge in [0.15, 0.2) is 0 Å². The molecule has 0 amide bonds. The molecule has 2 rings (SSSR count). The molecule has 1 aromatic carbocycles. The molecule has 0 aliphatic rings. The lowest BCUT2D eigenvalue weighted by atomic mass is 10.1. The fourth-order valence-corrected chi connectivity index (χ4v) is 2.18. The largest absolute Gasteiger partial charge is 0.394 e. The molecule has 2 N–H and O–H groups in total. The number of hydrogen-bond donors (Lipinski definition) is 2. The summed E-state index contributed by atoms with van der Waals surface area (Å²) in [5, 5.41) is 12.7. The SMILES string of the molecule is OC[C@@H](NCc1cncc(Br)c1)c1ccccc1. The van der Waals surface area contributed by atoms with Crippen LogP contribution >= 0.6 is 15.9 Å². The average molecular weight is 307 g/mol. The van der Waals surface area contributed by atoms with Gasteiger partial charge in [-0.25, -0.2) is 0 Å². The maximum atomic E-state index is 9.42. The minimum absolute atomic E-state index is 0.0508. The molecule has 0 bridgehead atoms. The molecule has 0 saturated heterocycles. The molecule has 94 valence electrons. The van der Waals surface area contributed by atoms with Gasteiger partial charge in [-0.2, -0.15) is 0 Å². The quantitative estimate of drug-likeness (QED) is 0.892. The first kappa shape index (κ1) is 13.2. The molecule has 0 aliphatic carbocycles. The van der Waals surface area contributed by atoms with E-state index in [4.69, 9.17) is 0 Å². The molecule has 0 radical (unpaired) electrons. The van der Waals surface area contributed by atoms with Crippen molar-refractivity contribution in [3.05, 3.63) is 64.4 Å². The highest BCUT2D eigenvalue weighted by Gasteiger charge is 2.08. The van der Waals surface area contributed by atoms with Crippen molar-refractivity contribution in [2.45, 2.75) is 12.6 Å². The van der Waals surface area contributed by atoms with Crippen molar-refractivity contribution in [3.8, 4) is 0 Å². The zero-order chi connectivity index (χ0) is 12.8. The molecule has 0 spiro atoms. The maximum Gasteiger partial charge on any atom is 0.0626 e. The van der Waals surface area contributed by atoms with Crippen LogP contribution in [0, 0.1) is 0 Å². The van der Waals surface area contributed by atoms with Crippen LogP contribution in [-0.2, 0) is 6.54 Å². The number of pyridine rings is 1. The summed E-state index contributed by atoms with van der Waals surface area (Å²) in [4.78, 5) is 4.11. The molecule has 2 aromatic rings. The molecule has 1 heterocycles. The first-order valence-corrected chi connectivity index (χ1v) is 6.57. The Morgan fingerprint density at radius 2 is 2.00 bits per heavy atom. The van der Waals surface area contributed by atoms with Crippen LogP contribution in [0.2, 0.25) is 0 Å². The Morgan fingerprint density at radius 3 is 2.67 bits per heavy atom. The van der Waals surface area contributed by atoms with E-state index in [0.29, 0.717) is 6.54 Å².